The van der Waals surface area contributed by atoms with Crippen LogP contribution in [0.15, 0.2) is 29.0 Å². The van der Waals surface area contributed by atoms with Crippen molar-refractivity contribution < 1.29 is 14.2 Å². The summed E-state index contributed by atoms with van der Waals surface area (Å²) in [5, 5.41) is 7.60. The number of halogens is 1. The molecule has 0 saturated heterocycles. The number of nitrogens with zero attached hydrogens (tertiary/aromatic N) is 2. The second kappa shape index (κ2) is 6.36. The fraction of sp³-hybridized carbons (Fsp3) is 0.357. The molecule has 0 amide bonds. The Balaban J connectivity index is 1.63. The van der Waals surface area contributed by atoms with E-state index in [-0.39, 0.29) is 6.79 Å². The molecular weight excluding hydrogens is 338 g/mol. The highest BCUT2D eigenvalue weighted by Gasteiger charge is 2.16. The fourth-order valence-corrected chi connectivity index (χ4v) is 2.52. The van der Waals surface area contributed by atoms with Crippen molar-refractivity contribution in [2.24, 2.45) is 0 Å². The van der Waals surface area contributed by atoms with Gasteiger partial charge < -0.3 is 19.5 Å². The van der Waals surface area contributed by atoms with E-state index in [0.717, 1.165) is 33.8 Å². The topological polar surface area (TPSA) is 57.5 Å². The lowest BCUT2D eigenvalue weighted by Gasteiger charge is -2.07. The summed E-state index contributed by atoms with van der Waals surface area (Å²) in [7, 11) is 1.68. The van der Waals surface area contributed by atoms with Crippen LogP contribution in [-0.4, -0.2) is 30.3 Å². The van der Waals surface area contributed by atoms with Gasteiger partial charge in [0.25, 0.3) is 0 Å². The maximum Gasteiger partial charge on any atom is 0.231 e. The van der Waals surface area contributed by atoms with Gasteiger partial charge in [-0.1, -0.05) is 15.9 Å². The van der Waals surface area contributed by atoms with E-state index in [4.69, 9.17) is 14.2 Å². The van der Waals surface area contributed by atoms with E-state index in [9.17, 15) is 0 Å². The summed E-state index contributed by atoms with van der Waals surface area (Å²) in [6.07, 6.45) is 3.76. The van der Waals surface area contributed by atoms with Gasteiger partial charge in [-0.2, -0.15) is 5.10 Å². The van der Waals surface area contributed by atoms with E-state index < -0.39 is 0 Å². The highest BCUT2D eigenvalue weighted by Crippen LogP contribution is 2.37. The molecule has 1 N–H and O–H groups in total. The predicted octanol–water partition coefficient (Wildman–Crippen LogP) is 2.63. The van der Waals surface area contributed by atoms with Gasteiger partial charge in [-0.3, -0.25) is 4.68 Å². The lowest BCUT2D eigenvalue weighted by Crippen LogP contribution is -2.04. The van der Waals surface area contributed by atoms with Crippen LogP contribution in [0.2, 0.25) is 0 Å². The van der Waals surface area contributed by atoms with Crippen LogP contribution >= 0.6 is 15.9 Å². The Morgan fingerprint density at radius 1 is 1.38 bits per heavy atom. The van der Waals surface area contributed by atoms with Gasteiger partial charge in [-0.05, 0) is 17.7 Å². The first-order chi connectivity index (χ1) is 10.3. The van der Waals surface area contributed by atoms with Gasteiger partial charge in [0.1, 0.15) is 0 Å². The molecule has 3 rings (SSSR count). The molecule has 1 aliphatic rings. The highest BCUT2D eigenvalue weighted by atomic mass is 79.9. The number of fused-ring (bicyclic) bond motifs is 1. The van der Waals surface area contributed by atoms with E-state index in [1.165, 1.54) is 0 Å². The third-order valence-electron chi connectivity index (χ3n) is 3.18. The summed E-state index contributed by atoms with van der Waals surface area (Å²) in [4.78, 5) is 0. The van der Waals surface area contributed by atoms with Crippen LogP contribution in [0.4, 0.5) is 5.69 Å². The summed E-state index contributed by atoms with van der Waals surface area (Å²) in [6.45, 7) is 2.35. The molecule has 21 heavy (non-hydrogen) atoms. The monoisotopic (exact) mass is 353 g/mol. The largest absolute Gasteiger partial charge is 0.454 e. The lowest BCUT2D eigenvalue weighted by atomic mass is 10.2. The molecule has 1 aromatic carbocycles. The number of nitrogens with one attached hydrogen (secondary N) is 1. The van der Waals surface area contributed by atoms with Gasteiger partial charge in [-0.15, -0.1) is 0 Å². The average Bonchev–Trinajstić information content (AvgIpc) is 3.11. The van der Waals surface area contributed by atoms with Gasteiger partial charge in [0.15, 0.2) is 11.5 Å². The lowest BCUT2D eigenvalue weighted by molar-refractivity contribution is 0.174. The first kappa shape index (κ1) is 14.2. The van der Waals surface area contributed by atoms with Crippen molar-refractivity contribution in [3.63, 3.8) is 0 Å². The Kier molecular flexibility index (Phi) is 4.31. The Morgan fingerprint density at radius 2 is 2.19 bits per heavy atom. The molecule has 2 heterocycles. The Bertz CT molecular complexity index is 630. The molecule has 0 spiro atoms. The summed E-state index contributed by atoms with van der Waals surface area (Å²) >= 11 is 3.55. The Labute approximate surface area is 131 Å². The van der Waals surface area contributed by atoms with E-state index >= 15 is 0 Å². The van der Waals surface area contributed by atoms with Crippen molar-refractivity contribution in [2.45, 2.75) is 13.1 Å². The molecule has 0 saturated carbocycles. The van der Waals surface area contributed by atoms with Crippen LogP contribution in [-0.2, 0) is 17.8 Å². The minimum Gasteiger partial charge on any atom is -0.454 e. The highest BCUT2D eigenvalue weighted by molar-refractivity contribution is 9.10. The summed E-state index contributed by atoms with van der Waals surface area (Å²) in [6, 6.07) is 3.91. The predicted molar refractivity (Wildman–Crippen MR) is 81.7 cm³/mol. The molecule has 0 radical (unpaired) electrons. The maximum absolute atomic E-state index is 5.39. The van der Waals surface area contributed by atoms with Crippen molar-refractivity contribution in [1.82, 2.24) is 9.78 Å². The molecule has 2 aromatic rings. The van der Waals surface area contributed by atoms with Crippen LogP contribution in [0.1, 0.15) is 5.56 Å². The van der Waals surface area contributed by atoms with Crippen molar-refractivity contribution in [3.8, 4) is 11.5 Å². The van der Waals surface area contributed by atoms with Crippen molar-refractivity contribution in [1.29, 1.82) is 0 Å². The van der Waals surface area contributed by atoms with E-state index in [0.29, 0.717) is 13.2 Å². The average molecular weight is 354 g/mol. The van der Waals surface area contributed by atoms with Gasteiger partial charge in [0.2, 0.25) is 6.79 Å². The zero-order valence-corrected chi connectivity index (χ0v) is 13.2. The third kappa shape index (κ3) is 3.30. The number of rotatable bonds is 6. The number of hydrogen-bond donors (Lipinski definition) is 1. The van der Waals surface area contributed by atoms with E-state index in [1.807, 2.05) is 23.0 Å². The minimum absolute atomic E-state index is 0.283. The van der Waals surface area contributed by atoms with Crippen LogP contribution in [0, 0.1) is 0 Å². The first-order valence-corrected chi connectivity index (χ1v) is 7.39. The van der Waals surface area contributed by atoms with E-state index in [2.05, 4.69) is 26.3 Å². The summed E-state index contributed by atoms with van der Waals surface area (Å²) in [5.41, 5.74) is 2.07. The minimum atomic E-state index is 0.283. The van der Waals surface area contributed by atoms with Gasteiger partial charge >= 0.3 is 0 Å². The molecule has 112 valence electrons. The number of benzene rings is 1. The maximum atomic E-state index is 5.39. The van der Waals surface area contributed by atoms with Gasteiger partial charge in [0, 0.05) is 24.3 Å². The third-order valence-corrected chi connectivity index (χ3v) is 3.92. The molecule has 0 fully saturated rings. The Hall–Kier alpha value is -1.73. The summed E-state index contributed by atoms with van der Waals surface area (Å²) in [5.74, 6) is 1.56. The molecule has 0 aliphatic carbocycles. The van der Waals surface area contributed by atoms with Gasteiger partial charge in [0.05, 0.1) is 25.0 Å². The summed E-state index contributed by atoms with van der Waals surface area (Å²) < 4.78 is 18.6. The Morgan fingerprint density at radius 3 is 3.00 bits per heavy atom. The molecular formula is C14H16BrN3O3. The van der Waals surface area contributed by atoms with Crippen molar-refractivity contribution in [3.05, 3.63) is 34.6 Å². The van der Waals surface area contributed by atoms with Crippen LogP contribution < -0.4 is 14.8 Å². The zero-order valence-electron chi connectivity index (χ0n) is 11.6. The number of methoxy groups -OCH3 is 1. The molecule has 1 aliphatic heterocycles. The smallest absolute Gasteiger partial charge is 0.231 e. The molecule has 7 heteroatoms. The second-order valence-electron chi connectivity index (χ2n) is 4.64. The number of anilines is 1. The van der Waals surface area contributed by atoms with Crippen LogP contribution in [0.25, 0.3) is 0 Å². The van der Waals surface area contributed by atoms with Crippen LogP contribution in [0.3, 0.4) is 0 Å². The fourth-order valence-electron chi connectivity index (χ4n) is 2.05. The van der Waals surface area contributed by atoms with Gasteiger partial charge in [-0.25, -0.2) is 0 Å². The number of aromatic nitrogens is 2. The molecule has 0 atom stereocenters. The standard InChI is InChI=1S/C14H16BrN3O3/c1-19-3-2-18-8-11(7-17-18)16-6-10-4-13-14(5-12(10)15)21-9-20-13/h4-5,7-8,16H,2-3,6,9H2,1H3. The van der Waals surface area contributed by atoms with Crippen LogP contribution in [0.5, 0.6) is 11.5 Å². The molecule has 0 bridgehead atoms. The SMILES string of the molecule is COCCn1cc(NCc2cc3c(cc2Br)OCO3)cn1. The van der Waals surface area contributed by atoms with Crippen molar-refractivity contribution >= 4 is 21.6 Å². The molecule has 1 aromatic heterocycles. The second-order valence-corrected chi connectivity index (χ2v) is 5.49. The normalized spacial score (nSPS) is 12.7. The first-order valence-electron chi connectivity index (χ1n) is 6.59. The van der Waals surface area contributed by atoms with E-state index in [1.54, 1.807) is 13.3 Å². The molecule has 6 nitrogen and oxygen atoms in total. The quantitative estimate of drug-likeness (QED) is 0.864. The van der Waals surface area contributed by atoms with Crippen molar-refractivity contribution in [2.75, 3.05) is 25.8 Å². The zero-order chi connectivity index (χ0) is 14.7. The number of ether oxygens (including phenoxy) is 3. The number of hydrogen-bond acceptors (Lipinski definition) is 5. The molecule has 0 unspecified atom stereocenters.